The van der Waals surface area contributed by atoms with Crippen molar-refractivity contribution in [3.05, 3.63) is 34.0 Å². The molecule has 1 atom stereocenters. The van der Waals surface area contributed by atoms with Crippen molar-refractivity contribution in [2.45, 2.75) is 26.3 Å². The van der Waals surface area contributed by atoms with Gasteiger partial charge in [-0.15, -0.1) is 0 Å². The Morgan fingerprint density at radius 2 is 2.17 bits per heavy atom. The molecule has 1 saturated heterocycles. The quantitative estimate of drug-likeness (QED) is 0.794. The van der Waals surface area contributed by atoms with Crippen LogP contribution in [0.15, 0.2) is 27.1 Å². The summed E-state index contributed by atoms with van der Waals surface area (Å²) >= 11 is 3.42. The minimum absolute atomic E-state index is 0.0391. The van der Waals surface area contributed by atoms with Crippen LogP contribution in [-0.2, 0) is 9.84 Å². The van der Waals surface area contributed by atoms with Gasteiger partial charge >= 0.3 is 0 Å². The lowest BCUT2D eigenvalue weighted by atomic mass is 10.1. The Balaban J connectivity index is 1.97. The predicted molar refractivity (Wildman–Crippen MR) is 92.4 cm³/mol. The van der Waals surface area contributed by atoms with Crippen LogP contribution in [0.2, 0.25) is 0 Å². The van der Waals surface area contributed by atoms with E-state index in [0.29, 0.717) is 24.3 Å². The van der Waals surface area contributed by atoms with E-state index >= 15 is 0 Å². The number of carbonyl (C=O) groups excluding carboxylic acids is 1. The van der Waals surface area contributed by atoms with Gasteiger partial charge in [0.1, 0.15) is 5.58 Å². The van der Waals surface area contributed by atoms with Crippen molar-refractivity contribution >= 4 is 42.6 Å². The average molecular weight is 400 g/mol. The first-order valence-electron chi connectivity index (χ1n) is 7.52. The summed E-state index contributed by atoms with van der Waals surface area (Å²) in [7, 11) is -3.04. The van der Waals surface area contributed by atoms with E-state index in [2.05, 4.69) is 15.9 Å². The highest BCUT2D eigenvalue weighted by atomic mass is 79.9. The SMILES string of the molecule is CCN(C(=O)c1oc2ccc(Br)cc2c1C)C1CCS(=O)(=O)C1. The van der Waals surface area contributed by atoms with Crippen molar-refractivity contribution in [3.63, 3.8) is 0 Å². The minimum Gasteiger partial charge on any atom is -0.451 e. The van der Waals surface area contributed by atoms with Crippen molar-refractivity contribution in [3.8, 4) is 0 Å². The largest absolute Gasteiger partial charge is 0.451 e. The molecular weight excluding hydrogens is 382 g/mol. The van der Waals surface area contributed by atoms with Crippen LogP contribution < -0.4 is 0 Å². The number of aryl methyl sites for hydroxylation is 1. The number of amides is 1. The highest BCUT2D eigenvalue weighted by molar-refractivity contribution is 9.10. The summed E-state index contributed by atoms with van der Waals surface area (Å²) in [6, 6.07) is 5.33. The first-order chi connectivity index (χ1) is 10.8. The summed E-state index contributed by atoms with van der Waals surface area (Å²) in [6.07, 6.45) is 0.493. The summed E-state index contributed by atoms with van der Waals surface area (Å²) in [4.78, 5) is 14.5. The Bertz CT molecular complexity index is 872. The Morgan fingerprint density at radius 3 is 2.78 bits per heavy atom. The van der Waals surface area contributed by atoms with E-state index in [1.54, 1.807) is 4.90 Å². The lowest BCUT2D eigenvalue weighted by Gasteiger charge is -2.26. The van der Waals surface area contributed by atoms with Gasteiger partial charge in [0.15, 0.2) is 15.6 Å². The number of fused-ring (bicyclic) bond motifs is 1. The topological polar surface area (TPSA) is 67.6 Å². The first kappa shape index (κ1) is 16.5. The molecular formula is C16H18BrNO4S. The lowest BCUT2D eigenvalue weighted by Crippen LogP contribution is -2.41. The normalized spacial score (nSPS) is 20.0. The minimum atomic E-state index is -3.04. The first-order valence-corrected chi connectivity index (χ1v) is 10.1. The average Bonchev–Trinajstić information content (AvgIpc) is 3.00. The van der Waals surface area contributed by atoms with Gasteiger partial charge in [0.25, 0.3) is 5.91 Å². The van der Waals surface area contributed by atoms with Crippen molar-refractivity contribution < 1.29 is 17.6 Å². The molecule has 1 amide bonds. The Labute approximate surface area is 143 Å². The molecule has 0 radical (unpaired) electrons. The second-order valence-electron chi connectivity index (χ2n) is 5.84. The number of hydrogen-bond donors (Lipinski definition) is 0. The van der Waals surface area contributed by atoms with Gasteiger partial charge in [0, 0.05) is 28.0 Å². The molecule has 1 aliphatic rings. The molecule has 0 N–H and O–H groups in total. The van der Waals surface area contributed by atoms with E-state index in [0.717, 1.165) is 15.4 Å². The van der Waals surface area contributed by atoms with Gasteiger partial charge in [-0.1, -0.05) is 15.9 Å². The maximum Gasteiger partial charge on any atom is 0.290 e. The van der Waals surface area contributed by atoms with E-state index < -0.39 is 9.84 Å². The molecule has 2 heterocycles. The summed E-state index contributed by atoms with van der Waals surface area (Å²) in [5.41, 5.74) is 1.44. The van der Waals surface area contributed by atoms with Crippen LogP contribution in [0, 0.1) is 6.92 Å². The third-order valence-electron chi connectivity index (χ3n) is 4.34. The molecule has 1 aromatic carbocycles. The lowest BCUT2D eigenvalue weighted by molar-refractivity contribution is 0.0677. The molecule has 124 valence electrons. The number of furan rings is 1. The molecule has 1 unspecified atom stereocenters. The Morgan fingerprint density at radius 1 is 1.43 bits per heavy atom. The zero-order chi connectivity index (χ0) is 16.8. The third-order valence-corrected chi connectivity index (χ3v) is 6.59. The second kappa shape index (κ2) is 5.94. The van der Waals surface area contributed by atoms with Gasteiger partial charge in [-0.2, -0.15) is 0 Å². The third kappa shape index (κ3) is 3.04. The van der Waals surface area contributed by atoms with Gasteiger partial charge in [-0.3, -0.25) is 4.79 Å². The molecule has 1 aromatic heterocycles. The molecule has 1 aliphatic heterocycles. The zero-order valence-electron chi connectivity index (χ0n) is 13.0. The van der Waals surface area contributed by atoms with E-state index in [1.807, 2.05) is 32.0 Å². The van der Waals surface area contributed by atoms with Gasteiger partial charge in [-0.05, 0) is 38.5 Å². The summed E-state index contributed by atoms with van der Waals surface area (Å²) < 4.78 is 30.1. The summed E-state index contributed by atoms with van der Waals surface area (Å²) in [6.45, 7) is 4.17. The van der Waals surface area contributed by atoms with E-state index in [9.17, 15) is 13.2 Å². The fraction of sp³-hybridized carbons (Fsp3) is 0.438. The molecule has 0 saturated carbocycles. The Kier molecular flexibility index (Phi) is 4.27. The van der Waals surface area contributed by atoms with Crippen molar-refractivity contribution in [1.82, 2.24) is 4.90 Å². The van der Waals surface area contributed by atoms with E-state index in [-0.39, 0.29) is 23.5 Å². The molecule has 0 aliphatic carbocycles. The highest BCUT2D eigenvalue weighted by Crippen LogP contribution is 2.30. The smallest absolute Gasteiger partial charge is 0.290 e. The maximum atomic E-state index is 12.9. The number of sulfone groups is 1. The van der Waals surface area contributed by atoms with Crippen molar-refractivity contribution in [2.75, 3.05) is 18.1 Å². The van der Waals surface area contributed by atoms with Crippen LogP contribution in [0.1, 0.15) is 29.5 Å². The fourth-order valence-electron chi connectivity index (χ4n) is 3.12. The van der Waals surface area contributed by atoms with Crippen LogP contribution in [0.4, 0.5) is 0 Å². The van der Waals surface area contributed by atoms with Crippen molar-refractivity contribution in [2.24, 2.45) is 0 Å². The molecule has 0 bridgehead atoms. The van der Waals surface area contributed by atoms with E-state index in [4.69, 9.17) is 4.42 Å². The second-order valence-corrected chi connectivity index (χ2v) is 8.99. The molecule has 23 heavy (non-hydrogen) atoms. The maximum absolute atomic E-state index is 12.9. The predicted octanol–water partition coefficient (Wildman–Crippen LogP) is 3.15. The van der Waals surface area contributed by atoms with Gasteiger partial charge in [-0.25, -0.2) is 8.42 Å². The number of halogens is 1. The van der Waals surface area contributed by atoms with Crippen LogP contribution in [0.3, 0.4) is 0 Å². The molecule has 0 spiro atoms. The molecule has 1 fully saturated rings. The fourth-order valence-corrected chi connectivity index (χ4v) is 5.21. The monoisotopic (exact) mass is 399 g/mol. The van der Waals surface area contributed by atoms with E-state index in [1.165, 1.54) is 0 Å². The van der Waals surface area contributed by atoms with Gasteiger partial charge in [0.2, 0.25) is 0 Å². The van der Waals surface area contributed by atoms with Crippen LogP contribution in [0.5, 0.6) is 0 Å². The van der Waals surface area contributed by atoms with Crippen molar-refractivity contribution in [1.29, 1.82) is 0 Å². The number of rotatable bonds is 3. The molecule has 5 nitrogen and oxygen atoms in total. The molecule has 3 rings (SSSR count). The standard InChI is InChI=1S/C16H18BrNO4S/c1-3-18(12-6-7-23(20,21)9-12)16(19)15-10(2)13-8-11(17)4-5-14(13)22-15/h4-5,8,12H,3,6-7,9H2,1-2H3. The zero-order valence-corrected chi connectivity index (χ0v) is 15.4. The summed E-state index contributed by atoms with van der Waals surface area (Å²) in [5, 5.41) is 0.887. The Hall–Kier alpha value is -1.34. The molecule has 7 heteroatoms. The highest BCUT2D eigenvalue weighted by Gasteiger charge is 2.35. The number of nitrogens with zero attached hydrogens (tertiary/aromatic N) is 1. The number of benzene rings is 1. The van der Waals surface area contributed by atoms with Gasteiger partial charge < -0.3 is 9.32 Å². The summed E-state index contributed by atoms with van der Waals surface area (Å²) in [5.74, 6) is 0.244. The van der Waals surface area contributed by atoms with Crippen LogP contribution >= 0.6 is 15.9 Å². The van der Waals surface area contributed by atoms with Crippen LogP contribution in [-0.4, -0.2) is 43.3 Å². The molecule has 2 aromatic rings. The van der Waals surface area contributed by atoms with Gasteiger partial charge in [0.05, 0.1) is 11.5 Å². The number of hydrogen-bond acceptors (Lipinski definition) is 4. The van der Waals surface area contributed by atoms with Crippen LogP contribution in [0.25, 0.3) is 11.0 Å². The number of carbonyl (C=O) groups is 1.